The van der Waals surface area contributed by atoms with Crippen LogP contribution < -0.4 is 4.90 Å². The van der Waals surface area contributed by atoms with Crippen LogP contribution in [0.25, 0.3) is 22.3 Å². The lowest BCUT2D eigenvalue weighted by Crippen LogP contribution is -2.55. The van der Waals surface area contributed by atoms with Crippen molar-refractivity contribution in [2.75, 3.05) is 4.90 Å². The van der Waals surface area contributed by atoms with Crippen LogP contribution in [0.3, 0.4) is 0 Å². The summed E-state index contributed by atoms with van der Waals surface area (Å²) in [5, 5.41) is 0. The van der Waals surface area contributed by atoms with E-state index in [1.165, 1.54) is 22.3 Å². The molecule has 1 spiro atoms. The second-order valence-electron chi connectivity index (χ2n) is 21.5. The molecule has 57 heavy (non-hydrogen) atoms. The topological polar surface area (TPSA) is 3.24 Å². The summed E-state index contributed by atoms with van der Waals surface area (Å²) in [6.07, 6.45) is 8.48. The molecule has 0 aliphatic heterocycles. The van der Waals surface area contributed by atoms with Crippen LogP contribution in [0.2, 0.25) is 0 Å². The number of fused-ring (bicyclic) bond motifs is 5. The molecule has 1 nitrogen and oxygen atoms in total. The zero-order chi connectivity index (χ0) is 48.8. The largest absolute Gasteiger partial charge is 0.310 e. The van der Waals surface area contributed by atoms with Crippen LogP contribution >= 0.6 is 0 Å². The highest BCUT2D eigenvalue weighted by atomic mass is 15.1. The first kappa shape index (κ1) is 26.1. The standard InChI is InChI=1S/C56H63N/c1-52(2)23-25-54(5,6)50-33-42(18-21-47(50)52)57(43-19-22-48-51(34-43)55(7,8)26-24-53(48,3)4)41-16-13-37(14-17-41)38-15-20-45-44-11-9-10-12-46(44)56(49(45)32-38)39-28-35-27-36(30-39)31-40(56)29-35/h9-22,32-36,39-40H,23-31H2,1-8H3/i9D,10D,11D,12D,13D,14D,15D,16D,17D,20D,32D. The van der Waals surface area contributed by atoms with Gasteiger partial charge in [0, 0.05) is 22.5 Å². The molecule has 0 heterocycles. The van der Waals surface area contributed by atoms with Crippen LogP contribution in [0.1, 0.15) is 162 Å². The van der Waals surface area contributed by atoms with Gasteiger partial charge in [0.15, 0.2) is 0 Å². The summed E-state index contributed by atoms with van der Waals surface area (Å²) in [7, 11) is 0. The van der Waals surface area contributed by atoms with E-state index in [2.05, 4.69) is 79.7 Å². The molecule has 0 unspecified atom stereocenters. The Balaban J connectivity index is 1.17. The third kappa shape index (κ3) is 5.18. The maximum Gasteiger partial charge on any atom is 0.0645 e. The Hall–Kier alpha value is -4.10. The molecule has 1 heteroatoms. The molecule has 7 aliphatic carbocycles. The van der Waals surface area contributed by atoms with Crippen molar-refractivity contribution in [3.05, 3.63) is 136 Å². The fourth-order valence-electron chi connectivity index (χ4n) is 13.1. The molecule has 12 rings (SSSR count). The second-order valence-corrected chi connectivity index (χ2v) is 21.5. The van der Waals surface area contributed by atoms with Gasteiger partial charge in [-0.1, -0.05) is 116 Å². The summed E-state index contributed by atoms with van der Waals surface area (Å²) in [5.41, 5.74) is 5.75. The van der Waals surface area contributed by atoms with Crippen molar-refractivity contribution < 1.29 is 15.1 Å². The molecule has 4 fully saturated rings. The second kappa shape index (κ2) is 12.0. The summed E-state index contributed by atoms with van der Waals surface area (Å²) >= 11 is 0. The van der Waals surface area contributed by atoms with Gasteiger partial charge in [-0.05, 0) is 201 Å². The molecule has 4 bridgehead atoms. The van der Waals surface area contributed by atoms with Crippen molar-refractivity contribution in [1.82, 2.24) is 0 Å². The Morgan fingerprint density at radius 2 is 0.930 bits per heavy atom. The number of benzene rings is 5. The molecule has 0 atom stereocenters. The quantitative estimate of drug-likeness (QED) is 0.176. The minimum Gasteiger partial charge on any atom is -0.310 e. The highest BCUT2D eigenvalue weighted by Gasteiger charge is 2.61. The van der Waals surface area contributed by atoms with Crippen LogP contribution in [0.15, 0.2) is 103 Å². The molecule has 0 aromatic heterocycles. The average molecular weight is 761 g/mol. The molecule has 0 amide bonds. The van der Waals surface area contributed by atoms with Crippen molar-refractivity contribution in [2.45, 2.75) is 140 Å². The summed E-state index contributed by atoms with van der Waals surface area (Å²) in [4.78, 5) is 1.88. The van der Waals surface area contributed by atoms with Crippen molar-refractivity contribution >= 4 is 17.1 Å². The van der Waals surface area contributed by atoms with Crippen LogP contribution in [0, 0.1) is 23.7 Å². The fraction of sp³-hybridized carbons (Fsp3) is 0.464. The van der Waals surface area contributed by atoms with Crippen LogP contribution in [0.5, 0.6) is 0 Å². The molecule has 0 N–H and O–H groups in total. The third-order valence-corrected chi connectivity index (χ3v) is 16.3. The lowest BCUT2D eigenvalue weighted by Gasteiger charge is -2.61. The molecular weight excluding hydrogens is 687 g/mol. The maximum atomic E-state index is 10.3. The smallest absolute Gasteiger partial charge is 0.0645 e. The predicted molar refractivity (Wildman–Crippen MR) is 240 cm³/mol. The van der Waals surface area contributed by atoms with Gasteiger partial charge in [-0.3, -0.25) is 0 Å². The molecular formula is C56H63N. The van der Waals surface area contributed by atoms with E-state index >= 15 is 0 Å². The number of anilines is 3. The van der Waals surface area contributed by atoms with E-state index in [4.69, 9.17) is 2.74 Å². The summed E-state index contributed by atoms with van der Waals surface area (Å²) in [6.45, 7) is 18.1. The minimum absolute atomic E-state index is 0.0501. The molecule has 7 aliphatic rings. The fourth-order valence-corrected chi connectivity index (χ4v) is 13.1. The average Bonchev–Trinajstić information content (AvgIpc) is 3.61. The molecule has 5 aromatic carbocycles. The van der Waals surface area contributed by atoms with E-state index in [1.807, 2.05) is 17.0 Å². The Bertz CT molecular complexity index is 2930. The van der Waals surface area contributed by atoms with Gasteiger partial charge in [-0.25, -0.2) is 0 Å². The zero-order valence-corrected chi connectivity index (χ0v) is 35.1. The minimum atomic E-state index is -1.01. The Morgan fingerprint density at radius 3 is 1.47 bits per heavy atom. The van der Waals surface area contributed by atoms with E-state index in [0.717, 1.165) is 57.8 Å². The number of hydrogen-bond acceptors (Lipinski definition) is 1. The van der Waals surface area contributed by atoms with Gasteiger partial charge in [0.25, 0.3) is 0 Å². The first-order chi connectivity index (χ1) is 31.8. The van der Waals surface area contributed by atoms with E-state index in [1.54, 1.807) is 0 Å². The third-order valence-electron chi connectivity index (χ3n) is 16.3. The van der Waals surface area contributed by atoms with Crippen LogP contribution in [0.4, 0.5) is 17.1 Å². The molecule has 292 valence electrons. The van der Waals surface area contributed by atoms with E-state index < -0.39 is 29.6 Å². The van der Waals surface area contributed by atoms with Crippen molar-refractivity contribution in [1.29, 1.82) is 0 Å². The first-order valence-corrected chi connectivity index (χ1v) is 21.7. The maximum absolute atomic E-state index is 10.3. The molecule has 5 aromatic rings. The van der Waals surface area contributed by atoms with E-state index in [9.17, 15) is 12.3 Å². The van der Waals surface area contributed by atoms with Crippen molar-refractivity contribution in [3.8, 4) is 22.3 Å². The highest BCUT2D eigenvalue weighted by Crippen LogP contribution is 2.69. The molecule has 4 saturated carbocycles. The van der Waals surface area contributed by atoms with E-state index in [0.29, 0.717) is 34.3 Å². The van der Waals surface area contributed by atoms with Gasteiger partial charge in [0.05, 0.1) is 15.1 Å². The molecule has 0 radical (unpaired) electrons. The zero-order valence-electron chi connectivity index (χ0n) is 46.1. The van der Waals surface area contributed by atoms with Gasteiger partial charge in [0.2, 0.25) is 0 Å². The normalized spacial score (nSPS) is 31.4. The number of rotatable bonds is 4. The number of nitrogens with zero attached hydrogens (tertiary/aromatic N) is 1. The Labute approximate surface area is 358 Å². The lowest BCUT2D eigenvalue weighted by atomic mass is 9.43. The number of hydrogen-bond donors (Lipinski definition) is 0. The molecule has 0 saturated heterocycles. The monoisotopic (exact) mass is 761 g/mol. The highest BCUT2D eigenvalue weighted by molar-refractivity contribution is 5.86. The summed E-state index contributed by atoms with van der Waals surface area (Å²) in [5.74, 6) is 0.841. The van der Waals surface area contributed by atoms with Gasteiger partial charge >= 0.3 is 0 Å². The van der Waals surface area contributed by atoms with Crippen LogP contribution in [-0.2, 0) is 27.1 Å². The van der Waals surface area contributed by atoms with Crippen molar-refractivity contribution in [2.24, 2.45) is 23.7 Å². The van der Waals surface area contributed by atoms with Gasteiger partial charge in [0.1, 0.15) is 0 Å². The predicted octanol–water partition coefficient (Wildman–Crippen LogP) is 15.2. The first-order valence-electron chi connectivity index (χ1n) is 27.2. The Kier molecular flexibility index (Phi) is 5.49. The Morgan fingerprint density at radius 1 is 0.456 bits per heavy atom. The van der Waals surface area contributed by atoms with Crippen molar-refractivity contribution in [3.63, 3.8) is 0 Å². The van der Waals surface area contributed by atoms with Gasteiger partial charge in [-0.15, -0.1) is 0 Å². The van der Waals surface area contributed by atoms with E-state index in [-0.39, 0.29) is 104 Å². The summed E-state index contributed by atoms with van der Waals surface area (Å²) in [6, 6.07) is 9.17. The summed E-state index contributed by atoms with van der Waals surface area (Å²) < 4.78 is 106. The van der Waals surface area contributed by atoms with Gasteiger partial charge in [-0.2, -0.15) is 0 Å². The van der Waals surface area contributed by atoms with Gasteiger partial charge < -0.3 is 4.90 Å². The lowest BCUT2D eigenvalue weighted by molar-refractivity contribution is -0.0399. The van der Waals surface area contributed by atoms with Crippen LogP contribution in [-0.4, -0.2) is 0 Å². The SMILES string of the molecule is [2H]c1c([2H])c([2H])c2c(c1[2H])-c1c([2H])c([2H])c(-c3c([2H])c([2H])c(N(c4ccc5c(c4)C(C)(C)CCC5(C)C)c4ccc5c(c4)C(C)(C)CCC5(C)C)c([2H])c3[2H])c([2H])c1C21C2CC3CC(C2)CC1C3.